The number of aromatic nitrogens is 1. The van der Waals surface area contributed by atoms with Crippen LogP contribution in [0.15, 0.2) is 36.4 Å². The Morgan fingerprint density at radius 2 is 1.95 bits per heavy atom. The van der Waals surface area contributed by atoms with E-state index in [4.69, 9.17) is 20.5 Å². The van der Waals surface area contributed by atoms with E-state index in [1.54, 1.807) is 24.3 Å². The molecular weight excluding hydrogens is 266 g/mol. The molecule has 2 aromatic rings. The van der Waals surface area contributed by atoms with Crippen LogP contribution in [0, 0.1) is 11.3 Å². The van der Waals surface area contributed by atoms with Crippen LogP contribution in [0.25, 0.3) is 0 Å². The molecule has 2 N–H and O–H groups in total. The molecule has 0 aliphatic carbocycles. The molecule has 0 fully saturated rings. The first-order chi connectivity index (χ1) is 10.2. The topological polar surface area (TPSA) is 81.2 Å². The van der Waals surface area contributed by atoms with Crippen molar-refractivity contribution < 1.29 is 9.47 Å². The molecule has 2 rings (SSSR count). The van der Waals surface area contributed by atoms with Crippen molar-refractivity contribution in [2.45, 2.75) is 19.8 Å². The molecule has 0 radical (unpaired) electrons. The SMILES string of the molecule is CCCOc1nc(Oc2ccc(CC#N)cc2)ccc1N. The van der Waals surface area contributed by atoms with Gasteiger partial charge in [0.2, 0.25) is 11.8 Å². The largest absolute Gasteiger partial charge is 0.476 e. The molecule has 0 spiro atoms. The van der Waals surface area contributed by atoms with Gasteiger partial charge in [-0.2, -0.15) is 10.2 Å². The van der Waals surface area contributed by atoms with Gasteiger partial charge >= 0.3 is 0 Å². The molecule has 5 heteroatoms. The van der Waals surface area contributed by atoms with Crippen LogP contribution in [0.1, 0.15) is 18.9 Å². The summed E-state index contributed by atoms with van der Waals surface area (Å²) in [5.41, 5.74) is 7.24. The Balaban J connectivity index is 2.10. The summed E-state index contributed by atoms with van der Waals surface area (Å²) < 4.78 is 11.1. The second-order valence-corrected chi connectivity index (χ2v) is 4.47. The molecule has 108 valence electrons. The summed E-state index contributed by atoms with van der Waals surface area (Å²) in [6, 6.07) is 12.8. The van der Waals surface area contributed by atoms with Gasteiger partial charge in [-0.3, -0.25) is 0 Å². The van der Waals surface area contributed by atoms with E-state index in [9.17, 15) is 0 Å². The van der Waals surface area contributed by atoms with E-state index in [2.05, 4.69) is 11.1 Å². The number of rotatable bonds is 6. The Bertz CT molecular complexity index is 633. The summed E-state index contributed by atoms with van der Waals surface area (Å²) in [5, 5.41) is 8.63. The van der Waals surface area contributed by atoms with Gasteiger partial charge in [-0.05, 0) is 30.2 Å². The van der Waals surface area contributed by atoms with Crippen LogP contribution in [0.4, 0.5) is 5.69 Å². The second kappa shape index (κ2) is 7.15. The van der Waals surface area contributed by atoms with Crippen LogP contribution < -0.4 is 15.2 Å². The molecule has 0 saturated carbocycles. The molecule has 0 bridgehead atoms. The van der Waals surface area contributed by atoms with Gasteiger partial charge in [0, 0.05) is 6.07 Å². The van der Waals surface area contributed by atoms with Gasteiger partial charge in [0.15, 0.2) is 0 Å². The highest BCUT2D eigenvalue weighted by Crippen LogP contribution is 2.26. The average Bonchev–Trinajstić information content (AvgIpc) is 2.50. The van der Waals surface area contributed by atoms with Crippen molar-refractivity contribution in [2.24, 2.45) is 0 Å². The fraction of sp³-hybridized carbons (Fsp3) is 0.250. The summed E-state index contributed by atoms with van der Waals surface area (Å²) in [4.78, 5) is 4.24. The highest BCUT2D eigenvalue weighted by molar-refractivity contribution is 5.49. The minimum atomic E-state index is 0.384. The first-order valence-corrected chi connectivity index (χ1v) is 6.76. The molecule has 1 aromatic heterocycles. The number of nitrogens with zero attached hydrogens (tertiary/aromatic N) is 2. The number of benzene rings is 1. The fourth-order valence-corrected chi connectivity index (χ4v) is 1.69. The third kappa shape index (κ3) is 4.11. The third-order valence-electron chi connectivity index (χ3n) is 2.74. The molecule has 21 heavy (non-hydrogen) atoms. The molecule has 0 aliphatic rings. The number of hydrogen-bond acceptors (Lipinski definition) is 5. The van der Waals surface area contributed by atoms with E-state index < -0.39 is 0 Å². The first-order valence-electron chi connectivity index (χ1n) is 6.76. The Morgan fingerprint density at radius 1 is 1.19 bits per heavy atom. The van der Waals surface area contributed by atoms with Crippen molar-refractivity contribution >= 4 is 5.69 Å². The third-order valence-corrected chi connectivity index (χ3v) is 2.74. The summed E-state index contributed by atoms with van der Waals surface area (Å²) in [6.07, 6.45) is 1.27. The zero-order chi connectivity index (χ0) is 15.1. The van der Waals surface area contributed by atoms with E-state index in [-0.39, 0.29) is 0 Å². The molecule has 0 aliphatic heterocycles. The predicted octanol–water partition coefficient (Wildman–Crippen LogP) is 3.31. The van der Waals surface area contributed by atoms with Gasteiger partial charge < -0.3 is 15.2 Å². The summed E-state index contributed by atoms with van der Waals surface area (Å²) in [7, 11) is 0. The molecule has 0 atom stereocenters. The van der Waals surface area contributed by atoms with Crippen molar-refractivity contribution in [2.75, 3.05) is 12.3 Å². The van der Waals surface area contributed by atoms with Crippen molar-refractivity contribution in [3.8, 4) is 23.6 Å². The Kier molecular flexibility index (Phi) is 4.99. The van der Waals surface area contributed by atoms with Crippen LogP contribution in [-0.4, -0.2) is 11.6 Å². The van der Waals surface area contributed by atoms with Crippen LogP contribution in [0.3, 0.4) is 0 Å². The quantitative estimate of drug-likeness (QED) is 0.879. The minimum Gasteiger partial charge on any atom is -0.476 e. The molecule has 1 heterocycles. The van der Waals surface area contributed by atoms with Crippen molar-refractivity contribution in [3.05, 3.63) is 42.0 Å². The molecule has 5 nitrogen and oxygen atoms in total. The van der Waals surface area contributed by atoms with Gasteiger partial charge in [-0.1, -0.05) is 19.1 Å². The first kappa shape index (κ1) is 14.7. The van der Waals surface area contributed by atoms with E-state index >= 15 is 0 Å². The number of nitriles is 1. The van der Waals surface area contributed by atoms with Gasteiger partial charge in [0.25, 0.3) is 0 Å². The zero-order valence-corrected chi connectivity index (χ0v) is 11.9. The Labute approximate surface area is 123 Å². The second-order valence-electron chi connectivity index (χ2n) is 4.47. The monoisotopic (exact) mass is 283 g/mol. The predicted molar refractivity (Wildman–Crippen MR) is 80.3 cm³/mol. The standard InChI is InChI=1S/C16H17N3O2/c1-2-11-20-16-14(18)7-8-15(19-16)21-13-5-3-12(4-6-13)9-10-17/h3-8H,2,9,11,18H2,1H3. The lowest BCUT2D eigenvalue weighted by Crippen LogP contribution is -2.02. The van der Waals surface area contributed by atoms with Gasteiger partial charge in [-0.15, -0.1) is 0 Å². The number of nitrogen functional groups attached to an aromatic ring is 1. The lowest BCUT2D eigenvalue weighted by Gasteiger charge is -2.10. The van der Waals surface area contributed by atoms with Crippen LogP contribution in [0.2, 0.25) is 0 Å². The lowest BCUT2D eigenvalue weighted by atomic mass is 10.2. The Hall–Kier alpha value is -2.74. The maximum absolute atomic E-state index is 8.63. The maximum atomic E-state index is 8.63. The lowest BCUT2D eigenvalue weighted by molar-refractivity contribution is 0.302. The van der Waals surface area contributed by atoms with Crippen LogP contribution >= 0.6 is 0 Å². The summed E-state index contributed by atoms with van der Waals surface area (Å²) >= 11 is 0. The van der Waals surface area contributed by atoms with E-state index in [1.807, 2.05) is 19.1 Å². The highest BCUT2D eigenvalue weighted by atomic mass is 16.5. The maximum Gasteiger partial charge on any atom is 0.240 e. The van der Waals surface area contributed by atoms with E-state index in [1.165, 1.54) is 0 Å². The number of ether oxygens (including phenoxy) is 2. The average molecular weight is 283 g/mol. The zero-order valence-electron chi connectivity index (χ0n) is 11.9. The molecule has 0 amide bonds. The highest BCUT2D eigenvalue weighted by Gasteiger charge is 2.06. The molecular formula is C16H17N3O2. The normalized spacial score (nSPS) is 9.90. The van der Waals surface area contributed by atoms with Crippen molar-refractivity contribution in [1.82, 2.24) is 4.98 Å². The van der Waals surface area contributed by atoms with Gasteiger partial charge in [-0.25, -0.2) is 0 Å². The van der Waals surface area contributed by atoms with Crippen molar-refractivity contribution in [1.29, 1.82) is 5.26 Å². The number of anilines is 1. The van der Waals surface area contributed by atoms with Crippen LogP contribution in [-0.2, 0) is 6.42 Å². The number of nitrogens with two attached hydrogens (primary N) is 1. The number of pyridine rings is 1. The number of hydrogen-bond donors (Lipinski definition) is 1. The molecule has 0 unspecified atom stereocenters. The minimum absolute atomic E-state index is 0.384. The summed E-state index contributed by atoms with van der Waals surface area (Å²) in [5.74, 6) is 1.45. The van der Waals surface area contributed by atoms with E-state index in [0.29, 0.717) is 36.2 Å². The molecule has 0 saturated heterocycles. The van der Waals surface area contributed by atoms with Crippen molar-refractivity contribution in [3.63, 3.8) is 0 Å². The van der Waals surface area contributed by atoms with Gasteiger partial charge in [0.1, 0.15) is 5.75 Å². The van der Waals surface area contributed by atoms with E-state index in [0.717, 1.165) is 12.0 Å². The molecule has 1 aromatic carbocycles. The van der Waals surface area contributed by atoms with Crippen LogP contribution in [0.5, 0.6) is 17.5 Å². The summed E-state index contributed by atoms with van der Waals surface area (Å²) in [6.45, 7) is 2.57. The smallest absolute Gasteiger partial charge is 0.240 e. The fourth-order valence-electron chi connectivity index (χ4n) is 1.69. The Morgan fingerprint density at radius 3 is 2.62 bits per heavy atom. The van der Waals surface area contributed by atoms with Gasteiger partial charge in [0.05, 0.1) is 24.8 Å².